The van der Waals surface area contributed by atoms with Gasteiger partial charge in [-0.3, -0.25) is 4.79 Å². The van der Waals surface area contributed by atoms with Crippen LogP contribution in [0.4, 0.5) is 5.69 Å². The highest BCUT2D eigenvalue weighted by molar-refractivity contribution is 7.12. The fourth-order valence-corrected chi connectivity index (χ4v) is 2.54. The molecule has 0 unspecified atom stereocenters. The molecule has 1 aromatic carbocycles. The standard InChI is InChI=1S/C14H15NO3S/c1-18-14(17)8-12-6-7-13(19-12)9-15-10-2-4-11(16)5-3-10/h2-7,15-16H,8-9H2,1H3. The van der Waals surface area contributed by atoms with Crippen molar-refractivity contribution in [2.45, 2.75) is 13.0 Å². The lowest BCUT2D eigenvalue weighted by atomic mass is 10.3. The lowest BCUT2D eigenvalue weighted by molar-refractivity contribution is -0.139. The smallest absolute Gasteiger partial charge is 0.310 e. The third-order valence-corrected chi connectivity index (χ3v) is 3.68. The average molecular weight is 277 g/mol. The van der Waals surface area contributed by atoms with Crippen LogP contribution in [0.25, 0.3) is 0 Å². The van der Waals surface area contributed by atoms with E-state index in [2.05, 4.69) is 10.1 Å². The summed E-state index contributed by atoms with van der Waals surface area (Å²) < 4.78 is 4.63. The molecule has 0 saturated heterocycles. The fraction of sp³-hybridized carbons (Fsp3) is 0.214. The molecule has 0 amide bonds. The molecule has 100 valence electrons. The number of benzene rings is 1. The molecule has 0 fully saturated rings. The maximum absolute atomic E-state index is 11.1. The van der Waals surface area contributed by atoms with E-state index in [4.69, 9.17) is 0 Å². The molecule has 2 N–H and O–H groups in total. The number of thiophene rings is 1. The number of esters is 1. The third-order valence-electron chi connectivity index (χ3n) is 2.60. The van der Waals surface area contributed by atoms with Gasteiger partial charge in [-0.25, -0.2) is 0 Å². The Hall–Kier alpha value is -2.01. The van der Waals surface area contributed by atoms with E-state index in [1.165, 1.54) is 7.11 Å². The normalized spacial score (nSPS) is 10.2. The van der Waals surface area contributed by atoms with Crippen LogP contribution in [-0.4, -0.2) is 18.2 Å². The van der Waals surface area contributed by atoms with Crippen molar-refractivity contribution in [2.75, 3.05) is 12.4 Å². The van der Waals surface area contributed by atoms with Gasteiger partial charge in [0.2, 0.25) is 0 Å². The fourth-order valence-electron chi connectivity index (χ4n) is 1.60. The molecule has 5 heteroatoms. The van der Waals surface area contributed by atoms with Crippen molar-refractivity contribution in [3.63, 3.8) is 0 Å². The molecule has 0 bridgehead atoms. The Morgan fingerprint density at radius 3 is 2.58 bits per heavy atom. The Morgan fingerprint density at radius 2 is 1.89 bits per heavy atom. The number of hydrogen-bond acceptors (Lipinski definition) is 5. The Balaban J connectivity index is 1.89. The molecule has 0 radical (unpaired) electrons. The first-order chi connectivity index (χ1) is 9.17. The molecule has 0 spiro atoms. The van der Waals surface area contributed by atoms with Gasteiger partial charge in [0.05, 0.1) is 13.5 Å². The van der Waals surface area contributed by atoms with Crippen LogP contribution in [0.2, 0.25) is 0 Å². The molecule has 0 aliphatic rings. The number of nitrogens with one attached hydrogen (secondary N) is 1. The SMILES string of the molecule is COC(=O)Cc1ccc(CNc2ccc(O)cc2)s1. The summed E-state index contributed by atoms with van der Waals surface area (Å²) in [4.78, 5) is 13.3. The van der Waals surface area contributed by atoms with Gasteiger partial charge in [0, 0.05) is 22.0 Å². The van der Waals surface area contributed by atoms with E-state index < -0.39 is 0 Å². The van der Waals surface area contributed by atoms with Crippen molar-refractivity contribution >= 4 is 23.0 Å². The van der Waals surface area contributed by atoms with Gasteiger partial charge in [0.15, 0.2) is 0 Å². The van der Waals surface area contributed by atoms with Gasteiger partial charge in [-0.15, -0.1) is 11.3 Å². The second kappa shape index (κ2) is 6.24. The highest BCUT2D eigenvalue weighted by Crippen LogP contribution is 2.20. The molecule has 2 aromatic rings. The highest BCUT2D eigenvalue weighted by atomic mass is 32.1. The Kier molecular flexibility index (Phi) is 4.41. The first-order valence-electron chi connectivity index (χ1n) is 5.84. The molecule has 1 aromatic heterocycles. The second-order valence-electron chi connectivity index (χ2n) is 4.02. The monoisotopic (exact) mass is 277 g/mol. The topological polar surface area (TPSA) is 58.6 Å². The van der Waals surface area contributed by atoms with Gasteiger partial charge in [0.1, 0.15) is 5.75 Å². The van der Waals surface area contributed by atoms with Crippen LogP contribution < -0.4 is 5.32 Å². The third kappa shape index (κ3) is 3.99. The van der Waals surface area contributed by atoms with Crippen LogP contribution in [-0.2, 0) is 22.5 Å². The van der Waals surface area contributed by atoms with Crippen molar-refractivity contribution in [2.24, 2.45) is 0 Å². The minimum absolute atomic E-state index is 0.222. The summed E-state index contributed by atoms with van der Waals surface area (Å²) in [5.74, 6) is 0.0296. The molecular formula is C14H15NO3S. The van der Waals surface area contributed by atoms with E-state index in [9.17, 15) is 9.90 Å². The van der Waals surface area contributed by atoms with Gasteiger partial charge in [-0.2, -0.15) is 0 Å². The van der Waals surface area contributed by atoms with E-state index in [-0.39, 0.29) is 11.7 Å². The van der Waals surface area contributed by atoms with Crippen LogP contribution in [0.1, 0.15) is 9.75 Å². The largest absolute Gasteiger partial charge is 0.508 e. The molecule has 1 heterocycles. The first-order valence-corrected chi connectivity index (χ1v) is 6.66. The number of carbonyl (C=O) groups is 1. The van der Waals surface area contributed by atoms with E-state index >= 15 is 0 Å². The summed E-state index contributed by atoms with van der Waals surface area (Å²) in [5.41, 5.74) is 0.945. The van der Waals surface area contributed by atoms with Crippen molar-refractivity contribution in [1.29, 1.82) is 0 Å². The van der Waals surface area contributed by atoms with Crippen LogP contribution >= 0.6 is 11.3 Å². The van der Waals surface area contributed by atoms with Crippen molar-refractivity contribution in [3.8, 4) is 5.75 Å². The maximum Gasteiger partial charge on any atom is 0.310 e. The van der Waals surface area contributed by atoms with Crippen molar-refractivity contribution in [1.82, 2.24) is 0 Å². The second-order valence-corrected chi connectivity index (χ2v) is 5.27. The van der Waals surface area contributed by atoms with Crippen molar-refractivity contribution < 1.29 is 14.6 Å². The van der Waals surface area contributed by atoms with Crippen molar-refractivity contribution in [3.05, 3.63) is 46.2 Å². The molecular weight excluding hydrogens is 262 g/mol. The Labute approximate surface area is 115 Å². The summed E-state index contributed by atoms with van der Waals surface area (Å²) in [5, 5.41) is 12.4. The van der Waals surface area contributed by atoms with Gasteiger partial charge < -0.3 is 15.2 Å². The van der Waals surface area contributed by atoms with Crippen LogP contribution in [0.5, 0.6) is 5.75 Å². The maximum atomic E-state index is 11.1. The predicted molar refractivity (Wildman–Crippen MR) is 75.5 cm³/mol. The van der Waals surface area contributed by atoms with Gasteiger partial charge >= 0.3 is 5.97 Å². The van der Waals surface area contributed by atoms with Crippen LogP contribution in [0.3, 0.4) is 0 Å². The zero-order valence-corrected chi connectivity index (χ0v) is 11.4. The molecule has 0 aliphatic carbocycles. The van der Waals surface area contributed by atoms with Gasteiger partial charge in [-0.1, -0.05) is 0 Å². The Bertz CT molecular complexity index is 548. The Morgan fingerprint density at radius 1 is 1.21 bits per heavy atom. The number of aromatic hydroxyl groups is 1. The molecule has 4 nitrogen and oxygen atoms in total. The number of ether oxygens (including phenoxy) is 1. The summed E-state index contributed by atoms with van der Waals surface area (Å²) in [6.07, 6.45) is 0.320. The highest BCUT2D eigenvalue weighted by Gasteiger charge is 2.06. The lowest BCUT2D eigenvalue weighted by Crippen LogP contribution is -2.02. The first kappa shape index (κ1) is 13.4. The van der Waals surface area contributed by atoms with Crippen LogP contribution in [0.15, 0.2) is 36.4 Å². The quantitative estimate of drug-likeness (QED) is 0.652. The number of rotatable bonds is 5. The average Bonchev–Trinajstić information content (AvgIpc) is 2.85. The molecule has 2 rings (SSSR count). The molecule has 0 aliphatic heterocycles. The predicted octanol–water partition coefficient (Wildman–Crippen LogP) is 2.78. The lowest BCUT2D eigenvalue weighted by Gasteiger charge is -2.04. The van der Waals surface area contributed by atoms with E-state index in [1.807, 2.05) is 24.3 Å². The number of anilines is 1. The molecule has 19 heavy (non-hydrogen) atoms. The number of hydrogen-bond donors (Lipinski definition) is 2. The summed E-state index contributed by atoms with van der Waals surface area (Å²) >= 11 is 1.59. The number of phenolic OH excluding ortho intramolecular Hbond substituents is 1. The van der Waals surface area contributed by atoms with E-state index in [0.29, 0.717) is 13.0 Å². The number of carbonyl (C=O) groups excluding carboxylic acids is 1. The van der Waals surface area contributed by atoms with Crippen LogP contribution in [0, 0.1) is 0 Å². The van der Waals surface area contributed by atoms with E-state index in [0.717, 1.165) is 15.4 Å². The molecule has 0 atom stereocenters. The minimum atomic E-state index is -0.222. The number of phenols is 1. The summed E-state index contributed by atoms with van der Waals surface area (Å²) in [7, 11) is 1.39. The zero-order chi connectivity index (χ0) is 13.7. The summed E-state index contributed by atoms with van der Waals surface area (Å²) in [6, 6.07) is 10.8. The van der Waals surface area contributed by atoms with Gasteiger partial charge in [0.25, 0.3) is 0 Å². The summed E-state index contributed by atoms with van der Waals surface area (Å²) in [6.45, 7) is 0.691. The molecule has 0 saturated carbocycles. The van der Waals surface area contributed by atoms with Gasteiger partial charge in [-0.05, 0) is 36.4 Å². The van der Waals surface area contributed by atoms with E-state index in [1.54, 1.807) is 23.5 Å². The minimum Gasteiger partial charge on any atom is -0.508 e. The number of methoxy groups -OCH3 is 1. The zero-order valence-electron chi connectivity index (χ0n) is 10.6.